The van der Waals surface area contributed by atoms with Crippen LogP contribution in [0.2, 0.25) is 0 Å². The monoisotopic (exact) mass is 412 g/mol. The Morgan fingerprint density at radius 3 is 2.00 bits per heavy atom. The van der Waals surface area contributed by atoms with Crippen LogP contribution in [0.15, 0.2) is 30.3 Å². The summed E-state index contributed by atoms with van der Waals surface area (Å²) in [4.78, 5) is 12.6. The van der Waals surface area contributed by atoms with Crippen molar-refractivity contribution < 1.29 is 41.0 Å². The Hall–Kier alpha value is -1.77. The molecule has 1 heterocycles. The molecule has 2 unspecified atom stereocenters. The molecule has 0 aliphatic carbocycles. The van der Waals surface area contributed by atoms with E-state index in [1.54, 1.807) is 13.8 Å². The summed E-state index contributed by atoms with van der Waals surface area (Å²) in [5, 5.41) is 9.79. The fraction of sp³-hybridized carbons (Fsp3) is 0.632. The van der Waals surface area contributed by atoms with Gasteiger partial charge < -0.3 is 9.84 Å². The van der Waals surface area contributed by atoms with Crippen molar-refractivity contribution >= 4 is 5.97 Å². The molecule has 1 fully saturated rings. The Morgan fingerprint density at radius 2 is 1.57 bits per heavy atom. The Bertz CT molecular complexity index is 686. The minimum Gasteiger partial charge on any atom is -0.454 e. The minimum absolute atomic E-state index is 0.0123. The average molecular weight is 412 g/mol. The van der Waals surface area contributed by atoms with Gasteiger partial charge in [-0.05, 0) is 18.4 Å². The van der Waals surface area contributed by atoms with Crippen LogP contribution in [0.3, 0.4) is 0 Å². The molecule has 158 valence electrons. The normalized spacial score (nSPS) is 26.4. The van der Waals surface area contributed by atoms with Crippen molar-refractivity contribution in [2.75, 3.05) is 0 Å². The van der Waals surface area contributed by atoms with Crippen molar-refractivity contribution in [3.05, 3.63) is 35.9 Å². The topological polar surface area (TPSA) is 46.5 Å². The standard InChI is InChI=1S/C19H22F6O3/c1-3-10-15(4-2)11-16(28-14(15)26,13-8-6-5-7-9-13)12-17(27,18(20,21)22)19(23,24)25/h5-9,27H,3-4,10-12H2,1-2H3. The lowest BCUT2D eigenvalue weighted by Gasteiger charge is -2.39. The van der Waals surface area contributed by atoms with Gasteiger partial charge >= 0.3 is 18.3 Å². The molecule has 2 atom stereocenters. The number of carbonyl (C=O) groups is 1. The molecule has 1 N–H and O–H groups in total. The molecule has 1 saturated heterocycles. The molecule has 1 aromatic rings. The third kappa shape index (κ3) is 3.60. The molecular weight excluding hydrogens is 390 g/mol. The quantitative estimate of drug-likeness (QED) is 0.511. The lowest BCUT2D eigenvalue weighted by Crippen LogP contribution is -2.60. The molecule has 0 saturated carbocycles. The van der Waals surface area contributed by atoms with Crippen LogP contribution in [0.25, 0.3) is 0 Å². The summed E-state index contributed by atoms with van der Waals surface area (Å²) < 4.78 is 85.4. The molecule has 0 amide bonds. The van der Waals surface area contributed by atoms with Crippen LogP contribution >= 0.6 is 0 Å². The van der Waals surface area contributed by atoms with Crippen LogP contribution in [-0.2, 0) is 15.1 Å². The number of aliphatic hydroxyl groups is 1. The second kappa shape index (κ2) is 7.24. The Balaban J connectivity index is 2.64. The molecule has 2 rings (SSSR count). The van der Waals surface area contributed by atoms with E-state index < -0.39 is 41.4 Å². The molecule has 0 bridgehead atoms. The van der Waals surface area contributed by atoms with E-state index in [1.165, 1.54) is 30.3 Å². The molecule has 1 aliphatic heterocycles. The number of esters is 1. The fourth-order valence-corrected chi connectivity index (χ4v) is 3.93. The summed E-state index contributed by atoms with van der Waals surface area (Å²) >= 11 is 0. The van der Waals surface area contributed by atoms with E-state index in [0.717, 1.165) is 0 Å². The van der Waals surface area contributed by atoms with Gasteiger partial charge in [0.25, 0.3) is 5.60 Å². The Morgan fingerprint density at radius 1 is 1.04 bits per heavy atom. The van der Waals surface area contributed by atoms with Crippen molar-refractivity contribution in [1.29, 1.82) is 0 Å². The second-order valence-corrected chi connectivity index (χ2v) is 7.34. The maximum Gasteiger partial charge on any atom is 0.426 e. The van der Waals surface area contributed by atoms with E-state index in [0.29, 0.717) is 6.42 Å². The number of alkyl halides is 6. The summed E-state index contributed by atoms with van der Waals surface area (Å²) in [5.41, 5.74) is -8.49. The van der Waals surface area contributed by atoms with E-state index in [-0.39, 0.29) is 24.8 Å². The third-order valence-corrected chi connectivity index (χ3v) is 5.53. The summed E-state index contributed by atoms with van der Waals surface area (Å²) in [6, 6.07) is 7.00. The predicted octanol–water partition coefficient (Wildman–Crippen LogP) is 5.27. The zero-order valence-corrected chi connectivity index (χ0v) is 15.5. The minimum atomic E-state index is -6.00. The maximum absolute atomic E-state index is 13.3. The van der Waals surface area contributed by atoms with Gasteiger partial charge in [-0.25, -0.2) is 0 Å². The molecule has 3 nitrogen and oxygen atoms in total. The summed E-state index contributed by atoms with van der Waals surface area (Å²) in [6.45, 7) is 3.40. The maximum atomic E-state index is 13.3. The van der Waals surface area contributed by atoms with Crippen molar-refractivity contribution in [3.8, 4) is 0 Å². The zero-order valence-electron chi connectivity index (χ0n) is 15.5. The molecule has 1 aliphatic rings. The molecule has 0 radical (unpaired) electrons. The van der Waals surface area contributed by atoms with E-state index in [1.807, 2.05) is 0 Å². The first-order valence-electron chi connectivity index (χ1n) is 8.92. The first-order valence-corrected chi connectivity index (χ1v) is 8.92. The fourth-order valence-electron chi connectivity index (χ4n) is 3.93. The Labute approximate surface area is 158 Å². The van der Waals surface area contributed by atoms with E-state index >= 15 is 0 Å². The first-order chi connectivity index (χ1) is 12.8. The van der Waals surface area contributed by atoms with Crippen LogP contribution in [0.5, 0.6) is 0 Å². The van der Waals surface area contributed by atoms with Crippen molar-refractivity contribution in [2.24, 2.45) is 5.41 Å². The highest BCUT2D eigenvalue weighted by Gasteiger charge is 2.74. The number of halogens is 6. The van der Waals surface area contributed by atoms with Crippen LogP contribution < -0.4 is 0 Å². The summed E-state index contributed by atoms with van der Waals surface area (Å²) in [6.07, 6.45) is -13.3. The van der Waals surface area contributed by atoms with E-state index in [9.17, 15) is 36.2 Å². The first kappa shape index (κ1) is 22.5. The number of cyclic esters (lactones) is 1. The van der Waals surface area contributed by atoms with Crippen molar-refractivity contribution in [2.45, 2.75) is 69.5 Å². The van der Waals surface area contributed by atoms with Gasteiger partial charge in [-0.2, -0.15) is 26.3 Å². The smallest absolute Gasteiger partial charge is 0.426 e. The number of rotatable bonds is 6. The van der Waals surface area contributed by atoms with Gasteiger partial charge in [0.1, 0.15) is 5.60 Å². The van der Waals surface area contributed by atoms with Gasteiger partial charge in [0, 0.05) is 12.8 Å². The van der Waals surface area contributed by atoms with Gasteiger partial charge in [-0.3, -0.25) is 4.79 Å². The van der Waals surface area contributed by atoms with Gasteiger partial charge in [-0.15, -0.1) is 0 Å². The van der Waals surface area contributed by atoms with Gasteiger partial charge in [0.05, 0.1) is 5.41 Å². The number of hydrogen-bond donors (Lipinski definition) is 1. The average Bonchev–Trinajstić information content (AvgIpc) is 2.87. The molecule has 1 aromatic carbocycles. The van der Waals surface area contributed by atoms with Crippen LogP contribution in [0, 0.1) is 5.41 Å². The molecule has 28 heavy (non-hydrogen) atoms. The predicted molar refractivity (Wildman–Crippen MR) is 88.1 cm³/mol. The highest BCUT2D eigenvalue weighted by atomic mass is 19.4. The van der Waals surface area contributed by atoms with Crippen molar-refractivity contribution in [1.82, 2.24) is 0 Å². The van der Waals surface area contributed by atoms with E-state index in [4.69, 9.17) is 4.74 Å². The molecular formula is C19H22F6O3. The van der Waals surface area contributed by atoms with Gasteiger partial charge in [0.15, 0.2) is 0 Å². The lowest BCUT2D eigenvalue weighted by molar-refractivity contribution is -0.378. The Kier molecular flexibility index (Phi) is 5.82. The number of carbonyl (C=O) groups excluding carboxylic acids is 1. The lowest BCUT2D eigenvalue weighted by atomic mass is 9.70. The highest BCUT2D eigenvalue weighted by molar-refractivity contribution is 5.80. The number of ether oxygens (including phenoxy) is 1. The number of hydrogen-bond acceptors (Lipinski definition) is 3. The third-order valence-electron chi connectivity index (χ3n) is 5.53. The largest absolute Gasteiger partial charge is 0.454 e. The molecule has 0 spiro atoms. The summed E-state index contributed by atoms with van der Waals surface area (Å²) in [7, 11) is 0. The zero-order chi connectivity index (χ0) is 21.4. The van der Waals surface area contributed by atoms with Crippen LogP contribution in [-0.4, -0.2) is 29.0 Å². The van der Waals surface area contributed by atoms with Gasteiger partial charge in [-0.1, -0.05) is 50.6 Å². The van der Waals surface area contributed by atoms with E-state index in [2.05, 4.69) is 0 Å². The van der Waals surface area contributed by atoms with Crippen molar-refractivity contribution in [3.63, 3.8) is 0 Å². The van der Waals surface area contributed by atoms with Crippen LogP contribution in [0.4, 0.5) is 26.3 Å². The second-order valence-electron chi connectivity index (χ2n) is 7.34. The molecule has 0 aromatic heterocycles. The van der Waals surface area contributed by atoms with Gasteiger partial charge in [0.2, 0.25) is 0 Å². The summed E-state index contributed by atoms with van der Waals surface area (Å²) in [5.74, 6) is -0.840. The molecule has 9 heteroatoms. The van der Waals surface area contributed by atoms with Crippen LogP contribution in [0.1, 0.15) is 51.5 Å². The SMILES string of the molecule is CCCC1(CC)CC(CC(O)(C(F)(F)F)C(F)(F)F)(c2ccccc2)OC1=O. The number of benzene rings is 1. The highest BCUT2D eigenvalue weighted by Crippen LogP contribution is 2.58.